The molecule has 98 valence electrons. The molecule has 0 aromatic heterocycles. The largest absolute Gasteiger partial charge is 0.494 e. The van der Waals surface area contributed by atoms with Crippen LogP contribution in [0, 0.1) is 5.82 Å². The Hall–Kier alpha value is -1.91. The maximum Gasteiger partial charge on any atom is 0.374 e. The maximum atomic E-state index is 12.6. The molecule has 0 radical (unpaired) electrons. The van der Waals surface area contributed by atoms with Crippen molar-refractivity contribution in [2.75, 3.05) is 13.7 Å². The highest BCUT2D eigenvalue weighted by Gasteiger charge is 2.12. The van der Waals surface area contributed by atoms with Crippen molar-refractivity contribution in [3.8, 4) is 5.75 Å². The van der Waals surface area contributed by atoms with Gasteiger partial charge in [-0.25, -0.2) is 9.18 Å². The second-order valence-electron chi connectivity index (χ2n) is 3.67. The topological polar surface area (TPSA) is 52.6 Å². The van der Waals surface area contributed by atoms with Crippen molar-refractivity contribution in [1.82, 2.24) is 0 Å². The first-order chi connectivity index (χ1) is 8.63. The second kappa shape index (κ2) is 7.42. The zero-order valence-corrected chi connectivity index (χ0v) is 10.1. The summed E-state index contributed by atoms with van der Waals surface area (Å²) >= 11 is 0. The molecule has 1 rings (SSSR count). The molecule has 0 atom stereocenters. The summed E-state index contributed by atoms with van der Waals surface area (Å²) < 4.78 is 22.2. The number of methoxy groups -OCH3 is 1. The lowest BCUT2D eigenvalue weighted by atomic mass is 10.2. The molecule has 0 saturated heterocycles. The van der Waals surface area contributed by atoms with Gasteiger partial charge in [-0.2, -0.15) is 0 Å². The minimum atomic E-state index is -0.811. The van der Waals surface area contributed by atoms with E-state index in [4.69, 9.17) is 4.74 Å². The van der Waals surface area contributed by atoms with Gasteiger partial charge in [-0.05, 0) is 37.1 Å². The summed E-state index contributed by atoms with van der Waals surface area (Å²) in [5.41, 5.74) is 0. The second-order valence-corrected chi connectivity index (χ2v) is 3.67. The monoisotopic (exact) mass is 254 g/mol. The highest BCUT2D eigenvalue weighted by molar-refractivity contribution is 6.33. The Bertz CT molecular complexity index is 400. The average Bonchev–Trinajstić information content (AvgIpc) is 2.39. The molecule has 1 aromatic carbocycles. The lowest BCUT2D eigenvalue weighted by molar-refractivity contribution is -0.151. The molecule has 0 aliphatic heterocycles. The smallest absolute Gasteiger partial charge is 0.374 e. The number of hydrogen-bond donors (Lipinski definition) is 0. The summed E-state index contributed by atoms with van der Waals surface area (Å²) in [5, 5.41) is 0. The van der Waals surface area contributed by atoms with Gasteiger partial charge in [0.15, 0.2) is 0 Å². The summed E-state index contributed by atoms with van der Waals surface area (Å²) in [6.07, 6.45) is 1.34. The molecule has 0 spiro atoms. The molecule has 0 fully saturated rings. The molecule has 0 heterocycles. The van der Waals surface area contributed by atoms with Crippen LogP contribution in [-0.2, 0) is 14.3 Å². The normalized spacial score (nSPS) is 9.89. The lowest BCUT2D eigenvalue weighted by Crippen LogP contribution is -2.15. The predicted molar refractivity (Wildman–Crippen MR) is 62.8 cm³/mol. The highest BCUT2D eigenvalue weighted by Crippen LogP contribution is 2.11. The number of ketones is 1. The van der Waals surface area contributed by atoms with E-state index in [9.17, 15) is 14.0 Å². The van der Waals surface area contributed by atoms with Crippen LogP contribution in [0.1, 0.15) is 19.3 Å². The van der Waals surface area contributed by atoms with Gasteiger partial charge in [-0.1, -0.05) is 0 Å². The lowest BCUT2D eigenvalue weighted by Gasteiger charge is -2.05. The summed E-state index contributed by atoms with van der Waals surface area (Å²) in [4.78, 5) is 21.9. The average molecular weight is 254 g/mol. The van der Waals surface area contributed by atoms with Crippen molar-refractivity contribution in [3.05, 3.63) is 30.1 Å². The van der Waals surface area contributed by atoms with Gasteiger partial charge in [0.2, 0.25) is 5.78 Å². The van der Waals surface area contributed by atoms with Crippen molar-refractivity contribution in [3.63, 3.8) is 0 Å². The fourth-order valence-corrected chi connectivity index (χ4v) is 1.32. The van der Waals surface area contributed by atoms with Gasteiger partial charge in [0, 0.05) is 6.42 Å². The number of hydrogen-bond acceptors (Lipinski definition) is 4. The van der Waals surface area contributed by atoms with Gasteiger partial charge in [0.1, 0.15) is 11.6 Å². The molecule has 1 aromatic rings. The van der Waals surface area contributed by atoms with Crippen LogP contribution >= 0.6 is 0 Å². The number of ether oxygens (including phenoxy) is 2. The van der Waals surface area contributed by atoms with E-state index in [0.717, 1.165) is 0 Å². The summed E-state index contributed by atoms with van der Waals surface area (Å²) in [6, 6.07) is 5.70. The number of rotatable bonds is 7. The van der Waals surface area contributed by atoms with Gasteiger partial charge >= 0.3 is 5.97 Å². The van der Waals surface area contributed by atoms with Crippen LogP contribution in [0.25, 0.3) is 0 Å². The quantitative estimate of drug-likeness (QED) is 0.425. The maximum absolute atomic E-state index is 12.6. The zero-order chi connectivity index (χ0) is 13.4. The van der Waals surface area contributed by atoms with E-state index in [-0.39, 0.29) is 12.2 Å². The zero-order valence-electron chi connectivity index (χ0n) is 10.1. The number of benzene rings is 1. The van der Waals surface area contributed by atoms with Crippen LogP contribution in [0.15, 0.2) is 24.3 Å². The Labute approximate surface area is 105 Å². The summed E-state index contributed by atoms with van der Waals surface area (Å²) in [6.45, 7) is 0.417. The van der Waals surface area contributed by atoms with E-state index in [0.29, 0.717) is 25.2 Å². The van der Waals surface area contributed by atoms with Crippen molar-refractivity contribution in [1.29, 1.82) is 0 Å². The third-order valence-electron chi connectivity index (χ3n) is 2.29. The first kappa shape index (κ1) is 14.2. The Balaban J connectivity index is 2.14. The third-order valence-corrected chi connectivity index (χ3v) is 2.29. The standard InChI is InChI=1S/C13H15FO4/c1-17-13(16)12(15)4-2-3-9-18-11-7-5-10(14)6-8-11/h5-8H,2-4,9H2,1H3. The third kappa shape index (κ3) is 4.95. The van der Waals surface area contributed by atoms with Crippen LogP contribution in [0.4, 0.5) is 4.39 Å². The first-order valence-corrected chi connectivity index (χ1v) is 5.63. The first-order valence-electron chi connectivity index (χ1n) is 5.63. The predicted octanol–water partition coefficient (Wildman–Crippen LogP) is 2.12. The van der Waals surface area contributed by atoms with Gasteiger partial charge < -0.3 is 9.47 Å². The van der Waals surface area contributed by atoms with Crippen LogP contribution in [0.3, 0.4) is 0 Å². The van der Waals surface area contributed by atoms with Crippen molar-refractivity contribution in [2.45, 2.75) is 19.3 Å². The van der Waals surface area contributed by atoms with E-state index < -0.39 is 11.8 Å². The molecule has 0 amide bonds. The highest BCUT2D eigenvalue weighted by atomic mass is 19.1. The molecule has 0 aliphatic rings. The molecule has 0 N–H and O–H groups in total. The Kier molecular flexibility index (Phi) is 5.84. The molecule has 0 bridgehead atoms. The van der Waals surface area contributed by atoms with Gasteiger partial charge in [-0.3, -0.25) is 4.79 Å². The Morgan fingerprint density at radius 3 is 2.44 bits per heavy atom. The number of Topliss-reactive ketones (excluding diaryl/α,β-unsaturated/α-hetero) is 1. The molecular formula is C13H15FO4. The molecule has 18 heavy (non-hydrogen) atoms. The minimum Gasteiger partial charge on any atom is -0.494 e. The minimum absolute atomic E-state index is 0.152. The molecule has 5 heteroatoms. The molecule has 0 unspecified atom stereocenters. The molecule has 4 nitrogen and oxygen atoms in total. The summed E-state index contributed by atoms with van der Waals surface area (Å²) in [7, 11) is 1.18. The van der Waals surface area contributed by atoms with Gasteiger partial charge in [-0.15, -0.1) is 0 Å². The van der Waals surface area contributed by atoms with Crippen LogP contribution in [0.5, 0.6) is 5.75 Å². The fraction of sp³-hybridized carbons (Fsp3) is 0.385. The van der Waals surface area contributed by atoms with Gasteiger partial charge in [0.05, 0.1) is 13.7 Å². The van der Waals surface area contributed by atoms with Crippen molar-refractivity contribution in [2.24, 2.45) is 0 Å². The number of unbranched alkanes of at least 4 members (excludes halogenated alkanes) is 1. The molecule has 0 saturated carbocycles. The van der Waals surface area contributed by atoms with Crippen molar-refractivity contribution < 1.29 is 23.5 Å². The van der Waals surface area contributed by atoms with E-state index >= 15 is 0 Å². The fourth-order valence-electron chi connectivity index (χ4n) is 1.32. The van der Waals surface area contributed by atoms with Crippen molar-refractivity contribution >= 4 is 11.8 Å². The number of esters is 1. The SMILES string of the molecule is COC(=O)C(=O)CCCCOc1ccc(F)cc1. The molecule has 0 aliphatic carbocycles. The number of carbonyl (C=O) groups excluding carboxylic acids is 2. The number of halogens is 1. The van der Waals surface area contributed by atoms with E-state index in [1.54, 1.807) is 0 Å². The van der Waals surface area contributed by atoms with Crippen LogP contribution < -0.4 is 4.74 Å². The van der Waals surface area contributed by atoms with Gasteiger partial charge in [0.25, 0.3) is 0 Å². The van der Waals surface area contributed by atoms with Crippen LogP contribution in [0.2, 0.25) is 0 Å². The number of carbonyl (C=O) groups is 2. The Morgan fingerprint density at radius 2 is 1.83 bits per heavy atom. The van der Waals surface area contributed by atoms with E-state index in [1.165, 1.54) is 31.4 Å². The summed E-state index contributed by atoms with van der Waals surface area (Å²) in [5.74, 6) is -1.07. The van der Waals surface area contributed by atoms with E-state index in [1.807, 2.05) is 0 Å². The van der Waals surface area contributed by atoms with Crippen LogP contribution in [-0.4, -0.2) is 25.5 Å². The van der Waals surface area contributed by atoms with E-state index in [2.05, 4.69) is 4.74 Å². The molecular weight excluding hydrogens is 239 g/mol. The Morgan fingerprint density at radius 1 is 1.17 bits per heavy atom.